The Balaban J connectivity index is 1.35. The van der Waals surface area contributed by atoms with E-state index in [1.165, 1.54) is 5.56 Å². The molecule has 0 radical (unpaired) electrons. The number of aromatic nitrogens is 1. The smallest absolute Gasteiger partial charge is 0.247 e. The van der Waals surface area contributed by atoms with Gasteiger partial charge in [0.05, 0.1) is 13.2 Å². The van der Waals surface area contributed by atoms with Crippen molar-refractivity contribution < 1.29 is 14.3 Å². The predicted molar refractivity (Wildman–Crippen MR) is 136 cm³/mol. The molecule has 3 aromatic carbocycles. The zero-order valence-corrected chi connectivity index (χ0v) is 19.5. The van der Waals surface area contributed by atoms with Crippen LogP contribution in [0.5, 0.6) is 5.75 Å². The van der Waals surface area contributed by atoms with Crippen molar-refractivity contribution in [1.29, 1.82) is 0 Å². The molecule has 2 heterocycles. The van der Waals surface area contributed by atoms with Gasteiger partial charge in [0.25, 0.3) is 0 Å². The molecule has 1 aromatic heterocycles. The van der Waals surface area contributed by atoms with E-state index in [4.69, 9.17) is 4.74 Å². The Morgan fingerprint density at radius 1 is 1.00 bits per heavy atom. The first-order chi connectivity index (χ1) is 17.1. The van der Waals surface area contributed by atoms with Gasteiger partial charge in [-0.15, -0.1) is 0 Å². The minimum Gasteiger partial charge on any atom is -0.497 e. The van der Waals surface area contributed by atoms with Gasteiger partial charge >= 0.3 is 0 Å². The lowest BCUT2D eigenvalue weighted by molar-refractivity contribution is -0.128. The van der Waals surface area contributed by atoms with Crippen molar-refractivity contribution in [2.24, 2.45) is 0 Å². The summed E-state index contributed by atoms with van der Waals surface area (Å²) in [6.07, 6.45) is 2.85. The van der Waals surface area contributed by atoms with Crippen LogP contribution in [0.1, 0.15) is 16.7 Å². The lowest BCUT2D eigenvalue weighted by Gasteiger charge is -2.27. The standard InChI is InChI=1S/C28H28N4O3/c1-35-22-12-10-21(11-13-22)31-28(34)26(15-20-17-29-24-9-5-4-8-23(20)24)32-27(33)25-14-18-6-2-3-7-19(18)16-30-25/h2-13,17,25-26,29-30H,14-16H2,1H3,(H,31,34)(H,32,33)/t25-,26-/m1/s1. The number of benzene rings is 3. The summed E-state index contributed by atoms with van der Waals surface area (Å²) in [7, 11) is 1.60. The molecular weight excluding hydrogens is 440 g/mol. The lowest BCUT2D eigenvalue weighted by atomic mass is 9.95. The third-order valence-electron chi connectivity index (χ3n) is 6.49. The molecule has 178 valence electrons. The third kappa shape index (κ3) is 5.05. The first-order valence-electron chi connectivity index (χ1n) is 11.7. The molecule has 7 nitrogen and oxygen atoms in total. The van der Waals surface area contributed by atoms with E-state index >= 15 is 0 Å². The molecule has 4 aromatic rings. The van der Waals surface area contributed by atoms with Gasteiger partial charge in [0.15, 0.2) is 0 Å². The van der Waals surface area contributed by atoms with Crippen LogP contribution in [-0.4, -0.2) is 36.0 Å². The number of rotatable bonds is 7. The highest BCUT2D eigenvalue weighted by atomic mass is 16.5. The molecule has 1 aliphatic rings. The average Bonchev–Trinajstić information content (AvgIpc) is 3.31. The summed E-state index contributed by atoms with van der Waals surface area (Å²) in [5, 5.41) is 10.3. The minimum absolute atomic E-state index is 0.186. The molecule has 2 amide bonds. The minimum atomic E-state index is -0.747. The van der Waals surface area contributed by atoms with E-state index in [9.17, 15) is 9.59 Å². The molecule has 4 N–H and O–H groups in total. The maximum absolute atomic E-state index is 13.4. The molecule has 35 heavy (non-hydrogen) atoms. The van der Waals surface area contributed by atoms with Gasteiger partial charge < -0.3 is 25.7 Å². The zero-order chi connectivity index (χ0) is 24.2. The van der Waals surface area contributed by atoms with Gasteiger partial charge in [-0.1, -0.05) is 42.5 Å². The Morgan fingerprint density at radius 2 is 1.74 bits per heavy atom. The topological polar surface area (TPSA) is 95.2 Å². The van der Waals surface area contributed by atoms with Crippen LogP contribution >= 0.6 is 0 Å². The molecule has 0 spiro atoms. The normalized spacial score (nSPS) is 15.7. The number of carbonyl (C=O) groups is 2. The van der Waals surface area contributed by atoms with Crippen molar-refractivity contribution in [2.75, 3.05) is 12.4 Å². The van der Waals surface area contributed by atoms with Gasteiger partial charge in [-0.25, -0.2) is 0 Å². The summed E-state index contributed by atoms with van der Waals surface area (Å²) in [5.41, 5.74) is 4.96. The number of hydrogen-bond acceptors (Lipinski definition) is 4. The van der Waals surface area contributed by atoms with Crippen LogP contribution in [0, 0.1) is 0 Å². The van der Waals surface area contributed by atoms with E-state index in [2.05, 4.69) is 33.1 Å². The number of anilines is 1. The Bertz CT molecular complexity index is 1350. The monoisotopic (exact) mass is 468 g/mol. The molecule has 0 fully saturated rings. The largest absolute Gasteiger partial charge is 0.497 e. The number of H-pyrrole nitrogens is 1. The fraction of sp³-hybridized carbons (Fsp3) is 0.214. The maximum atomic E-state index is 13.4. The number of amides is 2. The van der Waals surface area contributed by atoms with Gasteiger partial charge in [0.1, 0.15) is 11.8 Å². The summed E-state index contributed by atoms with van der Waals surface area (Å²) >= 11 is 0. The fourth-order valence-electron chi connectivity index (χ4n) is 4.55. The molecule has 1 aliphatic heterocycles. The number of hydrogen-bond donors (Lipinski definition) is 4. The molecule has 0 bridgehead atoms. The summed E-state index contributed by atoms with van der Waals surface area (Å²) in [6.45, 7) is 0.624. The van der Waals surface area contributed by atoms with Gasteiger partial charge in [0.2, 0.25) is 11.8 Å². The number of methoxy groups -OCH3 is 1. The molecule has 7 heteroatoms. The molecular formula is C28H28N4O3. The second kappa shape index (κ2) is 10.0. The predicted octanol–water partition coefficient (Wildman–Crippen LogP) is 3.56. The van der Waals surface area contributed by atoms with E-state index in [0.29, 0.717) is 30.8 Å². The highest BCUT2D eigenvalue weighted by Crippen LogP contribution is 2.21. The molecule has 0 saturated carbocycles. The maximum Gasteiger partial charge on any atom is 0.247 e. The van der Waals surface area contributed by atoms with Crippen LogP contribution in [0.3, 0.4) is 0 Å². The summed E-state index contributed by atoms with van der Waals surface area (Å²) in [6, 6.07) is 22.0. The van der Waals surface area contributed by atoms with Gasteiger partial charge in [-0.2, -0.15) is 0 Å². The quantitative estimate of drug-likeness (QED) is 0.334. The number of nitrogens with one attached hydrogen (secondary N) is 4. The van der Waals surface area contributed by atoms with Gasteiger partial charge in [-0.3, -0.25) is 9.59 Å². The lowest BCUT2D eigenvalue weighted by Crippen LogP contribution is -2.53. The molecule has 5 rings (SSSR count). The number of carbonyl (C=O) groups excluding carboxylic acids is 2. The van der Waals surface area contributed by atoms with Crippen molar-refractivity contribution in [2.45, 2.75) is 31.5 Å². The van der Waals surface area contributed by atoms with Crippen molar-refractivity contribution in [1.82, 2.24) is 15.6 Å². The first-order valence-corrected chi connectivity index (χ1v) is 11.7. The summed E-state index contributed by atoms with van der Waals surface area (Å²) < 4.78 is 5.20. The van der Waals surface area contributed by atoms with E-state index in [1.807, 2.05) is 42.6 Å². The second-order valence-corrected chi connectivity index (χ2v) is 8.75. The highest BCUT2D eigenvalue weighted by molar-refractivity contribution is 5.98. The van der Waals surface area contributed by atoms with Crippen molar-refractivity contribution >= 4 is 28.4 Å². The van der Waals surface area contributed by atoms with Gasteiger partial charge in [0, 0.05) is 35.8 Å². The Morgan fingerprint density at radius 3 is 2.54 bits per heavy atom. The second-order valence-electron chi connectivity index (χ2n) is 8.75. The van der Waals surface area contributed by atoms with Crippen LogP contribution in [0.15, 0.2) is 79.0 Å². The SMILES string of the molecule is COc1ccc(NC(=O)[C@@H](Cc2c[nH]c3ccccc23)NC(=O)[C@H]2Cc3ccccc3CN2)cc1. The van der Waals surface area contributed by atoms with Gasteiger partial charge in [-0.05, 0) is 53.4 Å². The fourth-order valence-corrected chi connectivity index (χ4v) is 4.55. The molecule has 0 unspecified atom stereocenters. The number of fused-ring (bicyclic) bond motifs is 2. The van der Waals surface area contributed by atoms with Crippen LogP contribution in [0.25, 0.3) is 10.9 Å². The number of aromatic amines is 1. The number of para-hydroxylation sites is 1. The van der Waals surface area contributed by atoms with E-state index in [1.54, 1.807) is 31.4 Å². The first kappa shape index (κ1) is 22.7. The van der Waals surface area contributed by atoms with E-state index in [-0.39, 0.29) is 11.8 Å². The highest BCUT2D eigenvalue weighted by Gasteiger charge is 2.29. The van der Waals surface area contributed by atoms with Crippen LogP contribution in [-0.2, 0) is 29.0 Å². The van der Waals surface area contributed by atoms with Crippen LogP contribution < -0.4 is 20.7 Å². The Kier molecular flexibility index (Phi) is 6.50. The third-order valence-corrected chi connectivity index (χ3v) is 6.49. The molecule has 2 atom stereocenters. The Hall–Kier alpha value is -4.10. The van der Waals surface area contributed by atoms with E-state index in [0.717, 1.165) is 22.0 Å². The van der Waals surface area contributed by atoms with Crippen LogP contribution in [0.2, 0.25) is 0 Å². The van der Waals surface area contributed by atoms with Crippen LogP contribution in [0.4, 0.5) is 5.69 Å². The van der Waals surface area contributed by atoms with E-state index < -0.39 is 12.1 Å². The Labute approximate surface area is 203 Å². The van der Waals surface area contributed by atoms with Crippen molar-refractivity contribution in [3.8, 4) is 5.75 Å². The average molecular weight is 469 g/mol. The molecule has 0 saturated heterocycles. The zero-order valence-electron chi connectivity index (χ0n) is 19.5. The number of ether oxygens (including phenoxy) is 1. The molecule has 0 aliphatic carbocycles. The van der Waals surface area contributed by atoms with Crippen molar-refractivity contribution in [3.05, 3.63) is 95.7 Å². The van der Waals surface area contributed by atoms with Crippen molar-refractivity contribution in [3.63, 3.8) is 0 Å². The summed E-state index contributed by atoms with van der Waals surface area (Å²) in [4.78, 5) is 29.9. The summed E-state index contributed by atoms with van der Waals surface area (Å²) in [5.74, 6) is 0.245.